The van der Waals surface area contributed by atoms with Crippen LogP contribution in [0.5, 0.6) is 11.5 Å². The maximum atomic E-state index is 13.8. The van der Waals surface area contributed by atoms with Crippen molar-refractivity contribution >= 4 is 8.69 Å². The molecule has 3 rings (SSSR count). The lowest BCUT2D eigenvalue weighted by atomic mass is 9.93. The Labute approximate surface area is 209 Å². The van der Waals surface area contributed by atoms with Crippen LogP contribution in [0.15, 0.2) is 72.8 Å². The third-order valence-electron chi connectivity index (χ3n) is 5.54. The van der Waals surface area contributed by atoms with Gasteiger partial charge < -0.3 is 20.3 Å². The monoisotopic (exact) mass is 522 g/mol. The number of benzene rings is 3. The van der Waals surface area contributed by atoms with Crippen molar-refractivity contribution in [2.45, 2.75) is 37.8 Å². The van der Waals surface area contributed by atoms with Crippen LogP contribution in [0.3, 0.4) is 0 Å². The molecule has 3 N–H and O–H groups in total. The number of halogens is 3. The molecule has 0 bridgehead atoms. The molecule has 0 radical (unpaired) electrons. The summed E-state index contributed by atoms with van der Waals surface area (Å²) in [5.74, 6) is 0.293. The van der Waals surface area contributed by atoms with Crippen molar-refractivity contribution in [3.63, 3.8) is 0 Å². The van der Waals surface area contributed by atoms with Gasteiger partial charge in [0.15, 0.2) is 0 Å². The summed E-state index contributed by atoms with van der Waals surface area (Å²) in [6.07, 6.45) is -4.33. The maximum Gasteiger partial charge on any atom is 0.494 e. The summed E-state index contributed by atoms with van der Waals surface area (Å²) in [6.45, 7) is -0.338. The van der Waals surface area contributed by atoms with Crippen LogP contribution in [0.4, 0.5) is 13.2 Å². The molecule has 0 fully saturated rings. The smallest absolute Gasteiger partial charge is 0.489 e. The van der Waals surface area contributed by atoms with Crippen LogP contribution >= 0.6 is 8.69 Å². The first-order valence-electron chi connectivity index (χ1n) is 11.2. The highest BCUT2D eigenvalue weighted by Crippen LogP contribution is 2.37. The lowest BCUT2D eigenvalue weighted by Gasteiger charge is -2.24. The Bertz CT molecular complexity index is 1130. The molecule has 0 saturated heterocycles. The van der Waals surface area contributed by atoms with Gasteiger partial charge in [0, 0.05) is 0 Å². The Morgan fingerprint density at radius 3 is 2.28 bits per heavy atom. The zero-order valence-electron chi connectivity index (χ0n) is 19.5. The highest BCUT2D eigenvalue weighted by atomic mass is 31.1. The molecule has 36 heavy (non-hydrogen) atoms. The van der Waals surface area contributed by atoms with Crippen LogP contribution in [0.25, 0.3) is 0 Å². The van der Waals surface area contributed by atoms with Crippen molar-refractivity contribution in [3.05, 3.63) is 95.1 Å². The van der Waals surface area contributed by atoms with Gasteiger partial charge in [0.05, 0.1) is 17.7 Å². The molecule has 0 spiro atoms. The Hall–Kier alpha value is -2.97. The van der Waals surface area contributed by atoms with Crippen molar-refractivity contribution in [2.24, 2.45) is 5.73 Å². The molecule has 2 atom stereocenters. The fourth-order valence-corrected chi connectivity index (χ4v) is 3.82. The van der Waals surface area contributed by atoms with Crippen molar-refractivity contribution < 1.29 is 36.8 Å². The van der Waals surface area contributed by atoms with Gasteiger partial charge in [0.1, 0.15) is 31.3 Å². The molecule has 0 aliphatic carbocycles. The lowest BCUT2D eigenvalue weighted by Crippen LogP contribution is -2.47. The van der Waals surface area contributed by atoms with E-state index in [1.54, 1.807) is 24.3 Å². The van der Waals surface area contributed by atoms with E-state index in [1.807, 2.05) is 30.3 Å². The molecule has 0 aromatic heterocycles. The summed E-state index contributed by atoms with van der Waals surface area (Å²) < 4.78 is 68.0. The van der Waals surface area contributed by atoms with Crippen LogP contribution in [0, 0.1) is 0 Å². The molecule has 0 saturated carbocycles. The predicted octanol–water partition coefficient (Wildman–Crippen LogP) is 5.44. The second-order valence-corrected chi connectivity index (χ2v) is 8.89. The number of ether oxygens (including phenoxy) is 2. The molecular weight excluding hydrogens is 494 g/mol. The Morgan fingerprint density at radius 2 is 1.58 bits per heavy atom. The first-order chi connectivity index (χ1) is 17.2. The van der Waals surface area contributed by atoms with Gasteiger partial charge >= 0.3 is 14.9 Å². The van der Waals surface area contributed by atoms with E-state index < -0.39 is 32.6 Å². The van der Waals surface area contributed by atoms with Crippen LogP contribution in [0.1, 0.15) is 28.7 Å². The standard InChI is InChI=1S/C26H28F3NO5P/c27-26(28,29)23-14-19(11-12-25(30,17-31)18-35-36-32)9-10-24(23)34-16-21-7-4-8-22(13-21)33-15-20-5-2-1-3-6-20/h1-10,13-14,31,36H,11-12,15-18,30H2/q+1. The number of aliphatic hydroxyl groups excluding tert-OH is 1. The normalized spacial score (nSPS) is 13.4. The van der Waals surface area contributed by atoms with E-state index in [2.05, 4.69) is 0 Å². The summed E-state index contributed by atoms with van der Waals surface area (Å²) in [4.78, 5) is 0. The SMILES string of the molecule is NC(CO)(CCc1ccc(OCc2cccc(OCc3ccccc3)c2)c(C(F)(F)F)c1)CO[PH+]=O. The summed E-state index contributed by atoms with van der Waals surface area (Å²) in [6, 6.07) is 20.4. The number of alkyl halides is 3. The summed E-state index contributed by atoms with van der Waals surface area (Å²) in [5, 5.41) is 9.49. The van der Waals surface area contributed by atoms with Gasteiger partial charge in [0.25, 0.3) is 0 Å². The van der Waals surface area contributed by atoms with Crippen molar-refractivity contribution in [1.29, 1.82) is 0 Å². The van der Waals surface area contributed by atoms with E-state index in [9.17, 15) is 22.8 Å². The Morgan fingerprint density at radius 1 is 0.861 bits per heavy atom. The van der Waals surface area contributed by atoms with Crippen molar-refractivity contribution in [1.82, 2.24) is 0 Å². The molecule has 2 unspecified atom stereocenters. The van der Waals surface area contributed by atoms with Gasteiger partial charge in [-0.3, -0.25) is 0 Å². The zero-order valence-corrected chi connectivity index (χ0v) is 20.5. The second-order valence-electron chi connectivity index (χ2n) is 8.43. The van der Waals surface area contributed by atoms with Gasteiger partial charge in [0.2, 0.25) is 0 Å². The van der Waals surface area contributed by atoms with Crippen LogP contribution in [-0.2, 0) is 34.9 Å². The molecule has 3 aromatic carbocycles. The van der Waals surface area contributed by atoms with E-state index in [1.165, 1.54) is 12.1 Å². The molecule has 0 amide bonds. The number of hydrogen-bond acceptors (Lipinski definition) is 6. The minimum Gasteiger partial charge on any atom is -0.489 e. The molecule has 10 heteroatoms. The van der Waals surface area contributed by atoms with Gasteiger partial charge in [-0.2, -0.15) is 13.2 Å². The first kappa shape index (κ1) is 27.6. The maximum absolute atomic E-state index is 13.8. The largest absolute Gasteiger partial charge is 0.494 e. The van der Waals surface area contributed by atoms with E-state index in [-0.39, 0.29) is 31.8 Å². The predicted molar refractivity (Wildman–Crippen MR) is 130 cm³/mol. The van der Waals surface area contributed by atoms with Gasteiger partial charge in [-0.15, -0.1) is 4.52 Å². The fourth-order valence-electron chi connectivity index (χ4n) is 3.47. The number of hydrogen-bond donors (Lipinski definition) is 2. The first-order valence-corrected chi connectivity index (χ1v) is 12.0. The number of nitrogens with two attached hydrogens (primary N) is 1. The van der Waals surface area contributed by atoms with Crippen LogP contribution in [0.2, 0.25) is 0 Å². The zero-order chi connectivity index (χ0) is 26.0. The van der Waals surface area contributed by atoms with Gasteiger partial charge in [-0.1, -0.05) is 48.5 Å². The second kappa shape index (κ2) is 12.8. The average Bonchev–Trinajstić information content (AvgIpc) is 2.89. The lowest BCUT2D eigenvalue weighted by molar-refractivity contribution is -0.139. The summed E-state index contributed by atoms with van der Waals surface area (Å²) in [5.41, 5.74) is 5.92. The quantitative estimate of drug-likeness (QED) is 0.291. The molecule has 6 nitrogen and oxygen atoms in total. The van der Waals surface area contributed by atoms with E-state index >= 15 is 0 Å². The Kier molecular flexibility index (Phi) is 9.84. The molecule has 0 heterocycles. The van der Waals surface area contributed by atoms with E-state index in [0.29, 0.717) is 23.5 Å². The minimum absolute atomic E-state index is 0.0747. The van der Waals surface area contributed by atoms with E-state index in [0.717, 1.165) is 11.6 Å². The van der Waals surface area contributed by atoms with Crippen molar-refractivity contribution in [2.75, 3.05) is 13.2 Å². The highest BCUT2D eigenvalue weighted by Gasteiger charge is 2.35. The van der Waals surface area contributed by atoms with E-state index in [4.69, 9.17) is 19.7 Å². The minimum atomic E-state index is -4.63. The van der Waals surface area contributed by atoms with Crippen LogP contribution < -0.4 is 15.2 Å². The molecule has 192 valence electrons. The third-order valence-corrected chi connectivity index (χ3v) is 5.80. The molecular formula is C26H28F3NO5P+. The molecule has 3 aromatic rings. The number of aliphatic hydroxyl groups is 1. The van der Waals surface area contributed by atoms with Crippen LogP contribution in [-0.4, -0.2) is 23.9 Å². The number of aryl methyl sites for hydroxylation is 1. The van der Waals surface area contributed by atoms with Gasteiger partial charge in [-0.25, -0.2) is 0 Å². The van der Waals surface area contributed by atoms with Gasteiger partial charge in [-0.05, 0) is 58.4 Å². The topological polar surface area (TPSA) is 91.0 Å². The Balaban J connectivity index is 1.67. The summed E-state index contributed by atoms with van der Waals surface area (Å²) >= 11 is 0. The highest BCUT2D eigenvalue weighted by molar-refractivity contribution is 7.17. The number of rotatable bonds is 13. The molecule has 0 aliphatic rings. The van der Waals surface area contributed by atoms with Crippen molar-refractivity contribution in [3.8, 4) is 11.5 Å². The molecule has 0 aliphatic heterocycles. The third kappa shape index (κ3) is 8.31. The average molecular weight is 522 g/mol. The fraction of sp³-hybridized carbons (Fsp3) is 0.308. The summed E-state index contributed by atoms with van der Waals surface area (Å²) in [7, 11) is -1.04.